The molecular weight excluding hydrogens is 255 g/mol. The van der Waals surface area contributed by atoms with Gasteiger partial charge in [-0.3, -0.25) is 4.79 Å². The standard InChI is InChI=1S/C9H4BrFOS/c10-7-2-1-5-3-6(4-12)13-9(5)8(7)11/h1-4H. The fourth-order valence-electron chi connectivity index (χ4n) is 1.12. The third-order valence-electron chi connectivity index (χ3n) is 1.71. The molecule has 0 bridgehead atoms. The van der Waals surface area contributed by atoms with Gasteiger partial charge < -0.3 is 0 Å². The summed E-state index contributed by atoms with van der Waals surface area (Å²) in [6.45, 7) is 0. The Bertz CT molecular complexity index is 478. The van der Waals surface area contributed by atoms with E-state index in [4.69, 9.17) is 0 Å². The molecule has 0 atom stereocenters. The number of carbonyl (C=O) groups is 1. The van der Waals surface area contributed by atoms with Crippen LogP contribution < -0.4 is 0 Å². The van der Waals surface area contributed by atoms with E-state index < -0.39 is 0 Å². The number of hydrogen-bond donors (Lipinski definition) is 0. The molecular formula is C9H4BrFOS. The van der Waals surface area contributed by atoms with Gasteiger partial charge in [-0.15, -0.1) is 11.3 Å². The Hall–Kier alpha value is -0.740. The van der Waals surface area contributed by atoms with Crippen LogP contribution in [-0.2, 0) is 0 Å². The summed E-state index contributed by atoms with van der Waals surface area (Å²) in [6.07, 6.45) is 0.734. The van der Waals surface area contributed by atoms with Crippen molar-refractivity contribution in [2.75, 3.05) is 0 Å². The summed E-state index contributed by atoms with van der Waals surface area (Å²) in [5, 5.41) is 0.771. The number of carbonyl (C=O) groups excluding carboxylic acids is 1. The van der Waals surface area contributed by atoms with E-state index in [1.807, 2.05) is 0 Å². The van der Waals surface area contributed by atoms with Crippen molar-refractivity contribution < 1.29 is 9.18 Å². The maximum Gasteiger partial charge on any atom is 0.160 e. The molecule has 13 heavy (non-hydrogen) atoms. The summed E-state index contributed by atoms with van der Waals surface area (Å²) in [5.74, 6) is -0.296. The van der Waals surface area contributed by atoms with Gasteiger partial charge in [0.15, 0.2) is 12.1 Å². The van der Waals surface area contributed by atoms with Gasteiger partial charge in [0.2, 0.25) is 0 Å². The van der Waals surface area contributed by atoms with E-state index in [-0.39, 0.29) is 5.82 Å². The zero-order valence-corrected chi connectivity index (χ0v) is 8.78. The number of hydrogen-bond acceptors (Lipinski definition) is 2. The van der Waals surface area contributed by atoms with Gasteiger partial charge in [-0.25, -0.2) is 4.39 Å². The molecule has 2 rings (SSSR count). The first kappa shape index (κ1) is 8.84. The Morgan fingerprint density at radius 1 is 1.46 bits per heavy atom. The fraction of sp³-hybridized carbons (Fsp3) is 0. The first-order chi connectivity index (χ1) is 6.22. The zero-order valence-electron chi connectivity index (χ0n) is 6.38. The van der Waals surface area contributed by atoms with Crippen LogP contribution in [0.1, 0.15) is 9.67 Å². The van der Waals surface area contributed by atoms with Crippen molar-refractivity contribution in [2.45, 2.75) is 0 Å². The molecule has 1 aromatic heterocycles. The molecule has 1 heterocycles. The molecule has 66 valence electrons. The van der Waals surface area contributed by atoms with Crippen LogP contribution in [0.4, 0.5) is 4.39 Å². The smallest absolute Gasteiger partial charge is 0.160 e. The number of thiophene rings is 1. The largest absolute Gasteiger partial charge is 0.297 e. The average Bonchev–Trinajstić information content (AvgIpc) is 2.55. The Labute approximate surface area is 86.3 Å². The lowest BCUT2D eigenvalue weighted by Gasteiger charge is -1.93. The number of halogens is 2. The van der Waals surface area contributed by atoms with E-state index in [0.29, 0.717) is 14.0 Å². The predicted molar refractivity (Wildman–Crippen MR) is 54.9 cm³/mol. The first-order valence-electron chi connectivity index (χ1n) is 3.55. The SMILES string of the molecule is O=Cc1cc2ccc(Br)c(F)c2s1. The van der Waals surface area contributed by atoms with Crippen molar-refractivity contribution in [3.05, 3.63) is 33.4 Å². The molecule has 0 aliphatic rings. The van der Waals surface area contributed by atoms with Crippen molar-refractivity contribution in [3.63, 3.8) is 0 Å². The minimum Gasteiger partial charge on any atom is -0.297 e. The van der Waals surface area contributed by atoms with Crippen LogP contribution in [0.3, 0.4) is 0 Å². The summed E-state index contributed by atoms with van der Waals surface area (Å²) in [7, 11) is 0. The van der Waals surface area contributed by atoms with E-state index >= 15 is 0 Å². The monoisotopic (exact) mass is 258 g/mol. The van der Waals surface area contributed by atoms with E-state index in [9.17, 15) is 9.18 Å². The lowest BCUT2D eigenvalue weighted by molar-refractivity contribution is 0.112. The summed E-state index contributed by atoms with van der Waals surface area (Å²) in [4.78, 5) is 11.0. The van der Waals surface area contributed by atoms with Crippen LogP contribution in [0.15, 0.2) is 22.7 Å². The van der Waals surface area contributed by atoms with Crippen molar-refractivity contribution >= 4 is 43.6 Å². The minimum atomic E-state index is -0.296. The maximum atomic E-state index is 13.4. The summed E-state index contributed by atoms with van der Waals surface area (Å²) < 4.78 is 14.3. The van der Waals surface area contributed by atoms with Crippen LogP contribution in [0, 0.1) is 5.82 Å². The van der Waals surface area contributed by atoms with Gasteiger partial charge in [-0.1, -0.05) is 6.07 Å². The van der Waals surface area contributed by atoms with Crippen molar-refractivity contribution in [3.8, 4) is 0 Å². The maximum absolute atomic E-state index is 13.4. The van der Waals surface area contributed by atoms with Gasteiger partial charge in [-0.05, 0) is 33.4 Å². The fourth-order valence-corrected chi connectivity index (χ4v) is 2.50. The van der Waals surface area contributed by atoms with E-state index in [1.54, 1.807) is 18.2 Å². The molecule has 1 aromatic carbocycles. The molecule has 0 spiro atoms. The van der Waals surface area contributed by atoms with Gasteiger partial charge in [-0.2, -0.15) is 0 Å². The normalized spacial score (nSPS) is 10.6. The Morgan fingerprint density at radius 2 is 2.23 bits per heavy atom. The molecule has 0 unspecified atom stereocenters. The highest BCUT2D eigenvalue weighted by atomic mass is 79.9. The molecule has 4 heteroatoms. The highest BCUT2D eigenvalue weighted by Crippen LogP contribution is 2.31. The Balaban J connectivity index is 2.83. The summed E-state index contributed by atoms with van der Waals surface area (Å²) >= 11 is 4.26. The summed E-state index contributed by atoms with van der Waals surface area (Å²) in [5.41, 5.74) is 0. The van der Waals surface area contributed by atoms with Crippen LogP contribution in [0.25, 0.3) is 10.1 Å². The first-order valence-corrected chi connectivity index (χ1v) is 5.16. The van der Waals surface area contributed by atoms with Gasteiger partial charge in [0, 0.05) is 0 Å². The molecule has 1 nitrogen and oxygen atoms in total. The lowest BCUT2D eigenvalue weighted by atomic mass is 10.2. The topological polar surface area (TPSA) is 17.1 Å². The molecule has 0 saturated heterocycles. The highest BCUT2D eigenvalue weighted by molar-refractivity contribution is 9.10. The Morgan fingerprint density at radius 3 is 2.92 bits per heavy atom. The zero-order chi connectivity index (χ0) is 9.42. The third-order valence-corrected chi connectivity index (χ3v) is 3.40. The molecule has 0 amide bonds. The number of rotatable bonds is 1. The number of benzene rings is 1. The van der Waals surface area contributed by atoms with Crippen LogP contribution >= 0.6 is 27.3 Å². The predicted octanol–water partition coefficient (Wildman–Crippen LogP) is 3.62. The van der Waals surface area contributed by atoms with Gasteiger partial charge in [0.1, 0.15) is 0 Å². The van der Waals surface area contributed by atoms with Crippen LogP contribution in [0.2, 0.25) is 0 Å². The van der Waals surface area contributed by atoms with E-state index in [1.165, 1.54) is 0 Å². The number of fused-ring (bicyclic) bond motifs is 1. The van der Waals surface area contributed by atoms with Crippen molar-refractivity contribution in [2.24, 2.45) is 0 Å². The quantitative estimate of drug-likeness (QED) is 0.715. The summed E-state index contributed by atoms with van der Waals surface area (Å²) in [6, 6.07) is 5.10. The third kappa shape index (κ3) is 1.40. The van der Waals surface area contributed by atoms with Crippen LogP contribution in [-0.4, -0.2) is 6.29 Å². The van der Waals surface area contributed by atoms with Gasteiger partial charge >= 0.3 is 0 Å². The minimum absolute atomic E-state index is 0.296. The molecule has 0 saturated carbocycles. The van der Waals surface area contributed by atoms with E-state index in [0.717, 1.165) is 23.0 Å². The second kappa shape index (κ2) is 3.20. The second-order valence-electron chi connectivity index (χ2n) is 2.55. The molecule has 0 N–H and O–H groups in total. The molecule has 0 fully saturated rings. The second-order valence-corrected chi connectivity index (χ2v) is 4.48. The molecule has 0 aliphatic carbocycles. The average molecular weight is 259 g/mol. The lowest BCUT2D eigenvalue weighted by Crippen LogP contribution is -1.74. The van der Waals surface area contributed by atoms with E-state index in [2.05, 4.69) is 15.9 Å². The Kier molecular flexibility index (Phi) is 2.17. The van der Waals surface area contributed by atoms with Crippen molar-refractivity contribution in [1.82, 2.24) is 0 Å². The van der Waals surface area contributed by atoms with Crippen LogP contribution in [0.5, 0.6) is 0 Å². The van der Waals surface area contributed by atoms with Crippen molar-refractivity contribution in [1.29, 1.82) is 0 Å². The molecule has 0 aliphatic heterocycles. The van der Waals surface area contributed by atoms with Gasteiger partial charge in [0.05, 0.1) is 14.0 Å². The molecule has 0 radical (unpaired) electrons. The van der Waals surface area contributed by atoms with Gasteiger partial charge in [0.25, 0.3) is 0 Å². The molecule has 2 aromatic rings. The highest BCUT2D eigenvalue weighted by Gasteiger charge is 2.08. The number of aldehydes is 1.